The summed E-state index contributed by atoms with van der Waals surface area (Å²) in [7, 11) is 0. The number of aliphatic hydroxyl groups is 1. The molecule has 0 aromatic heterocycles. The molecule has 0 heterocycles. The maximum atomic E-state index is 13.7. The van der Waals surface area contributed by atoms with E-state index in [-0.39, 0.29) is 11.6 Å². The van der Waals surface area contributed by atoms with Crippen molar-refractivity contribution in [2.75, 3.05) is 5.32 Å². The van der Waals surface area contributed by atoms with Crippen LogP contribution in [0.3, 0.4) is 0 Å². The molecule has 4 nitrogen and oxygen atoms in total. The van der Waals surface area contributed by atoms with E-state index in [4.69, 9.17) is 4.74 Å². The van der Waals surface area contributed by atoms with Gasteiger partial charge in [-0.1, -0.05) is 11.8 Å². The Hall–Kier alpha value is -1.47. The van der Waals surface area contributed by atoms with E-state index in [0.29, 0.717) is 3.57 Å². The Bertz CT molecular complexity index is 758. The summed E-state index contributed by atoms with van der Waals surface area (Å²) in [5.74, 6) is 4.33. The first-order valence-corrected chi connectivity index (χ1v) is 9.01. The van der Waals surface area contributed by atoms with Gasteiger partial charge in [-0.2, -0.15) is 13.2 Å². The molecule has 2 N–H and O–H groups in total. The number of hydrogen-bond donors (Lipinski definition) is 2. The van der Waals surface area contributed by atoms with E-state index in [1.54, 1.807) is 20.8 Å². The van der Waals surface area contributed by atoms with Crippen LogP contribution in [0.15, 0.2) is 18.2 Å². The number of benzene rings is 1. The Morgan fingerprint density at radius 1 is 1.31 bits per heavy atom. The Morgan fingerprint density at radius 2 is 1.92 bits per heavy atom. The molecule has 1 aromatic carbocycles. The quantitative estimate of drug-likeness (QED) is 0.472. The predicted octanol–water partition coefficient (Wildman–Crippen LogP) is 4.80. The van der Waals surface area contributed by atoms with Crippen molar-refractivity contribution in [3.05, 3.63) is 27.3 Å². The van der Waals surface area contributed by atoms with Crippen LogP contribution in [0.1, 0.15) is 39.2 Å². The molecular weight excluding hydrogens is 462 g/mol. The first kappa shape index (κ1) is 20.8. The summed E-state index contributed by atoms with van der Waals surface area (Å²) < 4.78 is 46.6. The highest BCUT2D eigenvalue weighted by molar-refractivity contribution is 14.1. The molecule has 1 saturated carbocycles. The highest BCUT2D eigenvalue weighted by Gasteiger charge is 2.55. The molecule has 1 fully saturated rings. The number of nitrogens with one attached hydrogen (secondary N) is 1. The van der Waals surface area contributed by atoms with E-state index in [1.807, 2.05) is 28.5 Å². The van der Waals surface area contributed by atoms with Crippen molar-refractivity contribution in [3.63, 3.8) is 0 Å². The minimum absolute atomic E-state index is 0.131. The number of hydrogen-bond acceptors (Lipinski definition) is 3. The fourth-order valence-electron chi connectivity index (χ4n) is 2.06. The molecule has 1 aliphatic carbocycles. The summed E-state index contributed by atoms with van der Waals surface area (Å²) in [5, 5.41) is 12.7. The van der Waals surface area contributed by atoms with Crippen LogP contribution in [-0.2, 0) is 10.3 Å². The Morgan fingerprint density at radius 3 is 2.42 bits per heavy atom. The van der Waals surface area contributed by atoms with Crippen molar-refractivity contribution in [2.24, 2.45) is 5.92 Å². The molecule has 1 unspecified atom stereocenters. The van der Waals surface area contributed by atoms with Crippen molar-refractivity contribution in [1.29, 1.82) is 0 Å². The third kappa shape index (κ3) is 5.27. The molecule has 0 spiro atoms. The molecule has 2 rings (SSSR count). The zero-order valence-corrected chi connectivity index (χ0v) is 16.7. The number of rotatable bonds is 2. The number of anilines is 1. The molecule has 8 heteroatoms. The van der Waals surface area contributed by atoms with Crippen molar-refractivity contribution < 1.29 is 27.8 Å². The molecule has 0 aliphatic heterocycles. The molecule has 0 radical (unpaired) electrons. The van der Waals surface area contributed by atoms with E-state index < -0.39 is 29.0 Å². The second kappa shape index (κ2) is 7.27. The second-order valence-corrected chi connectivity index (χ2v) is 8.31. The van der Waals surface area contributed by atoms with Crippen LogP contribution in [0.25, 0.3) is 0 Å². The van der Waals surface area contributed by atoms with E-state index in [0.717, 1.165) is 18.9 Å². The van der Waals surface area contributed by atoms with Crippen LogP contribution in [-0.4, -0.2) is 23.0 Å². The SMILES string of the molecule is CC(C)(C)OC(=O)Nc1ccc(I)cc1C(O)(C#CC1CC1)C(F)(F)F. The van der Waals surface area contributed by atoms with E-state index in [2.05, 4.69) is 11.2 Å². The first-order chi connectivity index (χ1) is 11.8. The third-order valence-corrected chi connectivity index (χ3v) is 4.12. The lowest BCUT2D eigenvalue weighted by Crippen LogP contribution is -2.42. The average Bonchev–Trinajstić information content (AvgIpc) is 3.27. The lowest BCUT2D eigenvalue weighted by atomic mass is 9.91. The Kier molecular flexibility index (Phi) is 5.83. The van der Waals surface area contributed by atoms with Gasteiger partial charge in [0.25, 0.3) is 0 Å². The number of carbonyl (C=O) groups excluding carboxylic acids is 1. The van der Waals surface area contributed by atoms with Gasteiger partial charge in [0, 0.05) is 15.1 Å². The molecule has 0 saturated heterocycles. The second-order valence-electron chi connectivity index (χ2n) is 7.07. The number of amides is 1. The predicted molar refractivity (Wildman–Crippen MR) is 99.5 cm³/mol. The minimum atomic E-state index is -5.04. The summed E-state index contributed by atoms with van der Waals surface area (Å²) in [4.78, 5) is 12.0. The number of alkyl halides is 3. The van der Waals surface area contributed by atoms with Gasteiger partial charge in [0.05, 0.1) is 5.69 Å². The van der Waals surface area contributed by atoms with Gasteiger partial charge in [0.2, 0.25) is 5.60 Å². The van der Waals surface area contributed by atoms with Crippen LogP contribution in [0.5, 0.6) is 0 Å². The topological polar surface area (TPSA) is 58.6 Å². The van der Waals surface area contributed by atoms with Gasteiger partial charge in [-0.05, 0) is 74.4 Å². The van der Waals surface area contributed by atoms with Crippen LogP contribution in [0, 0.1) is 21.3 Å². The summed E-state index contributed by atoms with van der Waals surface area (Å²) in [5.41, 5.74) is -4.94. The maximum Gasteiger partial charge on any atom is 0.433 e. The molecule has 26 heavy (non-hydrogen) atoms. The normalized spacial score (nSPS) is 16.9. The standard InChI is InChI=1S/C18H19F3INO3/c1-16(2,3)26-15(24)23-14-7-6-12(22)10-13(14)17(25,18(19,20)21)9-8-11-4-5-11/h6-7,10-11,25H,4-5H2,1-3H3,(H,23,24). The van der Waals surface area contributed by atoms with Crippen LogP contribution in [0.2, 0.25) is 0 Å². The number of halogens is 4. The van der Waals surface area contributed by atoms with Gasteiger partial charge in [-0.25, -0.2) is 4.79 Å². The molecule has 1 atom stereocenters. The van der Waals surface area contributed by atoms with Gasteiger partial charge < -0.3 is 9.84 Å². The lowest BCUT2D eigenvalue weighted by Gasteiger charge is -2.28. The summed E-state index contributed by atoms with van der Waals surface area (Å²) in [6, 6.07) is 3.96. The van der Waals surface area contributed by atoms with Crippen molar-refractivity contribution in [3.8, 4) is 11.8 Å². The van der Waals surface area contributed by atoms with E-state index in [1.165, 1.54) is 12.1 Å². The van der Waals surface area contributed by atoms with Gasteiger partial charge in [0.15, 0.2) is 0 Å². The van der Waals surface area contributed by atoms with Crippen LogP contribution >= 0.6 is 22.6 Å². The third-order valence-electron chi connectivity index (χ3n) is 3.45. The van der Waals surface area contributed by atoms with Gasteiger partial charge in [0.1, 0.15) is 5.60 Å². The molecule has 142 valence electrons. The van der Waals surface area contributed by atoms with Gasteiger partial charge >= 0.3 is 12.3 Å². The average molecular weight is 481 g/mol. The lowest BCUT2D eigenvalue weighted by molar-refractivity contribution is -0.240. The molecule has 1 amide bonds. The highest BCUT2D eigenvalue weighted by Crippen LogP contribution is 2.43. The van der Waals surface area contributed by atoms with Gasteiger partial charge in [-0.15, -0.1) is 0 Å². The minimum Gasteiger partial charge on any atom is -0.444 e. The highest BCUT2D eigenvalue weighted by atomic mass is 127. The summed E-state index contributed by atoms with van der Waals surface area (Å²) in [6.45, 7) is 4.90. The molecule has 0 bridgehead atoms. The Balaban J connectivity index is 2.47. The first-order valence-electron chi connectivity index (χ1n) is 7.94. The number of ether oxygens (including phenoxy) is 1. The van der Waals surface area contributed by atoms with Crippen molar-refractivity contribution in [1.82, 2.24) is 0 Å². The molecule has 1 aliphatic rings. The zero-order chi connectivity index (χ0) is 19.8. The van der Waals surface area contributed by atoms with E-state index in [9.17, 15) is 23.1 Å². The fourth-order valence-corrected chi connectivity index (χ4v) is 2.55. The smallest absolute Gasteiger partial charge is 0.433 e. The maximum absolute atomic E-state index is 13.7. The zero-order valence-electron chi connectivity index (χ0n) is 14.5. The molecule has 1 aromatic rings. The monoisotopic (exact) mass is 481 g/mol. The fraction of sp³-hybridized carbons (Fsp3) is 0.500. The van der Waals surface area contributed by atoms with Gasteiger partial charge in [-0.3, -0.25) is 5.32 Å². The summed E-state index contributed by atoms with van der Waals surface area (Å²) in [6.07, 6.45) is -4.52. The number of carbonyl (C=O) groups is 1. The Labute approximate surface area is 163 Å². The van der Waals surface area contributed by atoms with Crippen LogP contribution < -0.4 is 5.32 Å². The van der Waals surface area contributed by atoms with Crippen molar-refractivity contribution >= 4 is 34.4 Å². The van der Waals surface area contributed by atoms with Crippen LogP contribution in [0.4, 0.5) is 23.7 Å². The largest absolute Gasteiger partial charge is 0.444 e. The molecular formula is C18H19F3INO3. The summed E-state index contributed by atoms with van der Waals surface area (Å²) >= 11 is 1.83. The van der Waals surface area contributed by atoms with E-state index >= 15 is 0 Å². The van der Waals surface area contributed by atoms with Crippen molar-refractivity contribution in [2.45, 2.75) is 51.0 Å².